The van der Waals surface area contributed by atoms with Crippen LogP contribution in [0.25, 0.3) is 0 Å². The van der Waals surface area contributed by atoms with E-state index in [1.165, 1.54) is 13.8 Å². The summed E-state index contributed by atoms with van der Waals surface area (Å²) in [6.45, 7) is 4.76. The number of fused-ring (bicyclic) bond motifs is 1. The van der Waals surface area contributed by atoms with Gasteiger partial charge < -0.3 is 10.1 Å². The lowest BCUT2D eigenvalue weighted by atomic mass is 9.85. The number of nitrogens with one attached hydrogen (secondary N) is 1. The summed E-state index contributed by atoms with van der Waals surface area (Å²) in [5.41, 5.74) is 0.928. The van der Waals surface area contributed by atoms with Crippen LogP contribution in [0.3, 0.4) is 0 Å². The Morgan fingerprint density at radius 2 is 1.55 bits per heavy atom. The van der Waals surface area contributed by atoms with Crippen molar-refractivity contribution >= 4 is 23.7 Å². The van der Waals surface area contributed by atoms with Crippen molar-refractivity contribution in [2.45, 2.75) is 51.8 Å². The number of imide groups is 1. The average Bonchev–Trinajstić information content (AvgIpc) is 2.98. The predicted molar refractivity (Wildman–Crippen MR) is 105 cm³/mol. The molecule has 7 heteroatoms. The molecule has 3 rings (SSSR count). The summed E-state index contributed by atoms with van der Waals surface area (Å²) >= 11 is 0. The molecule has 29 heavy (non-hydrogen) atoms. The lowest BCUT2D eigenvalue weighted by Gasteiger charge is -2.24. The number of hydrogen-bond acceptors (Lipinski definition) is 5. The van der Waals surface area contributed by atoms with E-state index in [0.717, 1.165) is 10.5 Å². The van der Waals surface area contributed by atoms with Gasteiger partial charge in [0.15, 0.2) is 6.10 Å². The van der Waals surface area contributed by atoms with E-state index in [-0.39, 0.29) is 17.9 Å². The Hall–Kier alpha value is -2.96. The zero-order valence-corrected chi connectivity index (χ0v) is 16.8. The summed E-state index contributed by atoms with van der Waals surface area (Å²) in [6.07, 6.45) is 3.74. The Labute approximate surface area is 170 Å². The van der Waals surface area contributed by atoms with Gasteiger partial charge in [0.25, 0.3) is 5.91 Å². The van der Waals surface area contributed by atoms with E-state index < -0.39 is 35.9 Å². The highest BCUT2D eigenvalue weighted by atomic mass is 16.5. The van der Waals surface area contributed by atoms with E-state index in [4.69, 9.17) is 4.74 Å². The van der Waals surface area contributed by atoms with Gasteiger partial charge in [-0.3, -0.25) is 19.3 Å². The number of likely N-dealkylation sites (tertiary alicyclic amines) is 1. The molecule has 0 spiro atoms. The van der Waals surface area contributed by atoms with Crippen LogP contribution >= 0.6 is 0 Å². The van der Waals surface area contributed by atoms with Crippen molar-refractivity contribution in [3.8, 4) is 0 Å². The van der Waals surface area contributed by atoms with Gasteiger partial charge in [-0.2, -0.15) is 0 Å². The van der Waals surface area contributed by atoms with E-state index in [9.17, 15) is 19.2 Å². The van der Waals surface area contributed by atoms with Crippen LogP contribution < -0.4 is 5.32 Å². The molecule has 0 radical (unpaired) electrons. The molecule has 154 valence electrons. The van der Waals surface area contributed by atoms with Crippen LogP contribution in [0, 0.1) is 11.8 Å². The third-order valence-electron chi connectivity index (χ3n) is 5.59. The van der Waals surface area contributed by atoms with Crippen molar-refractivity contribution in [3.05, 3.63) is 48.0 Å². The molecule has 1 aromatic carbocycles. The lowest BCUT2D eigenvalue weighted by Crippen LogP contribution is -2.46. The van der Waals surface area contributed by atoms with Crippen LogP contribution in [0.1, 0.15) is 45.2 Å². The van der Waals surface area contributed by atoms with E-state index >= 15 is 0 Å². The minimum absolute atomic E-state index is 0.250. The van der Waals surface area contributed by atoms with Crippen LogP contribution in [-0.2, 0) is 23.9 Å². The number of rotatable bonds is 6. The number of ether oxygens (including phenoxy) is 1. The number of allylic oxidation sites excluding steroid dienone is 2. The highest BCUT2D eigenvalue weighted by Gasteiger charge is 2.50. The number of carbonyl (C=O) groups is 4. The molecular formula is C22H26N2O5. The summed E-state index contributed by atoms with van der Waals surface area (Å²) in [4.78, 5) is 51.1. The summed E-state index contributed by atoms with van der Waals surface area (Å²) in [5.74, 6) is -2.72. The van der Waals surface area contributed by atoms with E-state index in [1.807, 2.05) is 49.4 Å². The van der Waals surface area contributed by atoms with Gasteiger partial charge in [0.05, 0.1) is 17.9 Å². The molecule has 1 N–H and O–H groups in total. The third-order valence-corrected chi connectivity index (χ3v) is 5.59. The van der Waals surface area contributed by atoms with Gasteiger partial charge in [0.1, 0.15) is 6.04 Å². The largest absolute Gasteiger partial charge is 0.451 e. The first kappa shape index (κ1) is 20.8. The lowest BCUT2D eigenvalue weighted by molar-refractivity contribution is -0.164. The van der Waals surface area contributed by atoms with Gasteiger partial charge in [0.2, 0.25) is 11.8 Å². The van der Waals surface area contributed by atoms with Gasteiger partial charge in [-0.15, -0.1) is 0 Å². The first-order chi connectivity index (χ1) is 13.8. The van der Waals surface area contributed by atoms with Crippen molar-refractivity contribution in [2.24, 2.45) is 11.8 Å². The number of esters is 1. The Kier molecular flexibility index (Phi) is 6.15. The molecule has 1 aliphatic carbocycles. The van der Waals surface area contributed by atoms with E-state index in [2.05, 4.69) is 5.32 Å². The maximum Gasteiger partial charge on any atom is 0.329 e. The minimum atomic E-state index is -1.07. The minimum Gasteiger partial charge on any atom is -0.451 e. The zero-order chi connectivity index (χ0) is 21.1. The average molecular weight is 398 g/mol. The monoisotopic (exact) mass is 398 g/mol. The standard InChI is InChI=1S/C22H26N2O5/c1-13(16-9-5-4-6-10-16)23-19(25)15(3)29-22(28)14(2)24-20(26)17-11-7-8-12-18(17)21(24)27/h4-10,13-15,17-18H,11-12H2,1-3H3,(H,23,25)/t13-,14-,15-,17-,18+/m0/s1. The summed E-state index contributed by atoms with van der Waals surface area (Å²) < 4.78 is 5.26. The van der Waals surface area contributed by atoms with Crippen molar-refractivity contribution in [1.29, 1.82) is 0 Å². The topological polar surface area (TPSA) is 92.8 Å². The smallest absolute Gasteiger partial charge is 0.329 e. The molecule has 0 unspecified atom stereocenters. The molecule has 0 saturated carbocycles. The normalized spacial score (nSPS) is 23.9. The van der Waals surface area contributed by atoms with Gasteiger partial charge in [-0.05, 0) is 39.2 Å². The molecular weight excluding hydrogens is 372 g/mol. The summed E-state index contributed by atoms with van der Waals surface area (Å²) in [5, 5.41) is 2.80. The van der Waals surface area contributed by atoms with Crippen molar-refractivity contribution in [2.75, 3.05) is 0 Å². The molecule has 5 atom stereocenters. The number of hydrogen-bond donors (Lipinski definition) is 1. The van der Waals surface area contributed by atoms with Crippen molar-refractivity contribution in [3.63, 3.8) is 0 Å². The van der Waals surface area contributed by atoms with Crippen molar-refractivity contribution < 1.29 is 23.9 Å². The zero-order valence-electron chi connectivity index (χ0n) is 16.8. The molecule has 2 aliphatic rings. The van der Waals surface area contributed by atoms with Crippen LogP contribution in [0.2, 0.25) is 0 Å². The Morgan fingerprint density at radius 1 is 1.00 bits per heavy atom. The molecule has 1 aromatic rings. The first-order valence-corrected chi connectivity index (χ1v) is 9.89. The first-order valence-electron chi connectivity index (χ1n) is 9.89. The van der Waals surface area contributed by atoms with Crippen molar-refractivity contribution in [1.82, 2.24) is 10.2 Å². The van der Waals surface area contributed by atoms with Gasteiger partial charge in [-0.25, -0.2) is 4.79 Å². The SMILES string of the molecule is C[C@H](OC(=O)[C@H](C)N1C(=O)[C@H]2CC=CC[C@H]2C1=O)C(=O)N[C@@H](C)c1ccccc1. The van der Waals surface area contributed by atoms with Gasteiger partial charge in [0, 0.05) is 0 Å². The second kappa shape index (κ2) is 8.59. The highest BCUT2D eigenvalue weighted by molar-refractivity contribution is 6.08. The van der Waals surface area contributed by atoms with Gasteiger partial charge in [-0.1, -0.05) is 42.5 Å². The number of carbonyl (C=O) groups excluding carboxylic acids is 4. The molecule has 1 heterocycles. The number of amides is 3. The molecule has 0 bridgehead atoms. The summed E-state index contributed by atoms with van der Waals surface area (Å²) in [6, 6.07) is 8.10. The molecule has 0 aromatic heterocycles. The second-order valence-corrected chi connectivity index (χ2v) is 7.60. The fourth-order valence-corrected chi connectivity index (χ4v) is 3.80. The van der Waals surface area contributed by atoms with Crippen LogP contribution in [0.15, 0.2) is 42.5 Å². The van der Waals surface area contributed by atoms with Crippen LogP contribution in [-0.4, -0.2) is 40.7 Å². The maximum absolute atomic E-state index is 12.6. The number of nitrogens with zero attached hydrogens (tertiary/aromatic N) is 1. The van der Waals surface area contributed by atoms with Gasteiger partial charge >= 0.3 is 5.97 Å². The van der Waals surface area contributed by atoms with E-state index in [0.29, 0.717) is 12.8 Å². The van der Waals surface area contributed by atoms with Crippen LogP contribution in [0.5, 0.6) is 0 Å². The molecule has 1 aliphatic heterocycles. The molecule has 1 fully saturated rings. The fourth-order valence-electron chi connectivity index (χ4n) is 3.80. The quantitative estimate of drug-likeness (QED) is 0.450. The van der Waals surface area contributed by atoms with E-state index in [1.54, 1.807) is 0 Å². The molecule has 7 nitrogen and oxygen atoms in total. The predicted octanol–water partition coefficient (Wildman–Crippen LogP) is 2.14. The number of benzene rings is 1. The second-order valence-electron chi connectivity index (χ2n) is 7.60. The fraction of sp³-hybridized carbons (Fsp3) is 0.455. The Balaban J connectivity index is 1.58. The third kappa shape index (κ3) is 4.23. The summed E-state index contributed by atoms with van der Waals surface area (Å²) in [7, 11) is 0. The molecule has 3 amide bonds. The molecule has 1 saturated heterocycles. The maximum atomic E-state index is 12.6. The van der Waals surface area contributed by atoms with Crippen LogP contribution in [0.4, 0.5) is 0 Å². The Morgan fingerprint density at radius 3 is 2.10 bits per heavy atom. The Bertz CT molecular complexity index is 809. The highest BCUT2D eigenvalue weighted by Crippen LogP contribution is 2.36.